The molecule has 0 spiro atoms. The first-order valence-corrected chi connectivity index (χ1v) is 11.9. The summed E-state index contributed by atoms with van der Waals surface area (Å²) in [4.78, 5) is 0. The summed E-state index contributed by atoms with van der Waals surface area (Å²) >= 11 is 0. The average molecular weight is 412 g/mol. The minimum Gasteiger partial charge on any atom is -0.497 e. The molecule has 0 aliphatic carbocycles. The van der Waals surface area contributed by atoms with Crippen LogP contribution in [0.4, 0.5) is 0 Å². The Morgan fingerprint density at radius 1 is 0.893 bits per heavy atom. The number of ether oxygens (including phenoxy) is 2. The Labute approximate surface area is 172 Å². The fourth-order valence-corrected chi connectivity index (χ4v) is 8.93. The van der Waals surface area contributed by atoms with Crippen LogP contribution in [0, 0.1) is 0 Å². The molecular formula is C24H30O2P2. The fraction of sp³-hybridized carbons (Fsp3) is 0.375. The smallest absolute Gasteiger partial charge is 0.119 e. The van der Waals surface area contributed by atoms with Crippen LogP contribution in [0.3, 0.4) is 0 Å². The Kier molecular flexibility index (Phi) is 6.33. The zero-order valence-corrected chi connectivity index (χ0v) is 19.7. The minimum atomic E-state index is -0.595. The third-order valence-corrected chi connectivity index (χ3v) is 11.1. The van der Waals surface area contributed by atoms with E-state index in [1.165, 1.54) is 35.3 Å². The van der Waals surface area contributed by atoms with Gasteiger partial charge in [-0.2, -0.15) is 0 Å². The molecule has 4 heteroatoms. The quantitative estimate of drug-likeness (QED) is 0.561. The molecule has 2 unspecified atom stereocenters. The summed E-state index contributed by atoms with van der Waals surface area (Å²) in [5.41, 5.74) is 3.47. The van der Waals surface area contributed by atoms with Gasteiger partial charge in [0.2, 0.25) is 0 Å². The van der Waals surface area contributed by atoms with Crippen LogP contribution in [0.2, 0.25) is 0 Å². The summed E-state index contributed by atoms with van der Waals surface area (Å²) < 4.78 is 11.1. The van der Waals surface area contributed by atoms with Crippen LogP contribution in [-0.4, -0.2) is 30.3 Å². The minimum absolute atomic E-state index is 0.131. The van der Waals surface area contributed by atoms with Gasteiger partial charge < -0.3 is 9.47 Å². The lowest BCUT2D eigenvalue weighted by Crippen LogP contribution is -2.36. The van der Waals surface area contributed by atoms with E-state index in [1.54, 1.807) is 14.2 Å². The second-order valence-electron chi connectivity index (χ2n) is 7.54. The topological polar surface area (TPSA) is 18.5 Å². The molecule has 1 aliphatic heterocycles. The maximum atomic E-state index is 5.54. The van der Waals surface area contributed by atoms with E-state index < -0.39 is 7.92 Å². The summed E-state index contributed by atoms with van der Waals surface area (Å²) in [5, 5.41) is 4.33. The Bertz CT molecular complexity index is 884. The van der Waals surface area contributed by atoms with E-state index >= 15 is 0 Å². The Morgan fingerprint density at radius 2 is 1.39 bits per heavy atom. The Hall–Kier alpha value is -1.62. The predicted octanol–water partition coefficient (Wildman–Crippen LogP) is 5.77. The third-order valence-electron chi connectivity index (χ3n) is 6.13. The molecule has 1 aliphatic rings. The summed E-state index contributed by atoms with van der Waals surface area (Å²) in [7, 11) is 4.31. The van der Waals surface area contributed by atoms with Gasteiger partial charge in [0.1, 0.15) is 11.5 Å². The van der Waals surface area contributed by atoms with Crippen molar-refractivity contribution in [1.82, 2.24) is 0 Å². The largest absolute Gasteiger partial charge is 0.497 e. The van der Waals surface area contributed by atoms with Crippen molar-refractivity contribution in [1.29, 1.82) is 0 Å². The molecule has 0 fully saturated rings. The van der Waals surface area contributed by atoms with Crippen molar-refractivity contribution >= 4 is 32.0 Å². The van der Waals surface area contributed by atoms with Crippen LogP contribution in [0.25, 0.3) is 0 Å². The van der Waals surface area contributed by atoms with Crippen LogP contribution >= 0.6 is 16.1 Å². The molecule has 1 heterocycles. The lowest BCUT2D eigenvalue weighted by molar-refractivity contribution is 0.415. The number of methoxy groups -OCH3 is 2. The molecule has 2 nitrogen and oxygen atoms in total. The first-order chi connectivity index (χ1) is 13.3. The SMILES string of the molecule is COc1cccc(P(c2cccc(OC)c2)C(C)C2(C)P=C(C)C(C)=C2C)c1. The monoisotopic (exact) mass is 412 g/mol. The number of allylic oxidation sites excluding steroid dienone is 2. The van der Waals surface area contributed by atoms with Gasteiger partial charge in [-0.1, -0.05) is 45.0 Å². The summed E-state index contributed by atoms with van der Waals surface area (Å²) in [6.45, 7) is 11.7. The number of benzene rings is 2. The number of hydrogen-bond acceptors (Lipinski definition) is 2. The van der Waals surface area contributed by atoms with E-state index in [0.29, 0.717) is 5.66 Å². The first kappa shape index (κ1) is 21.1. The lowest BCUT2D eigenvalue weighted by Gasteiger charge is -2.38. The predicted molar refractivity (Wildman–Crippen MR) is 126 cm³/mol. The number of hydrogen-bond donors (Lipinski definition) is 0. The molecular weight excluding hydrogens is 382 g/mol. The highest BCUT2D eigenvalue weighted by Gasteiger charge is 2.41. The van der Waals surface area contributed by atoms with Gasteiger partial charge in [-0.3, -0.25) is 0 Å². The molecule has 0 saturated heterocycles. The Balaban J connectivity index is 2.16. The highest BCUT2D eigenvalue weighted by Crippen LogP contribution is 2.55. The van der Waals surface area contributed by atoms with Crippen LogP contribution in [-0.2, 0) is 0 Å². The molecule has 0 N–H and O–H groups in total. The van der Waals surface area contributed by atoms with Crippen molar-refractivity contribution in [2.24, 2.45) is 0 Å². The summed E-state index contributed by atoms with van der Waals surface area (Å²) in [6.07, 6.45) is 0. The van der Waals surface area contributed by atoms with Crippen LogP contribution in [0.15, 0.2) is 59.7 Å². The van der Waals surface area contributed by atoms with Gasteiger partial charge in [0.05, 0.1) is 14.2 Å². The van der Waals surface area contributed by atoms with Crippen molar-refractivity contribution in [2.45, 2.75) is 45.4 Å². The molecule has 0 amide bonds. The van der Waals surface area contributed by atoms with Gasteiger partial charge in [0.25, 0.3) is 0 Å². The van der Waals surface area contributed by atoms with Gasteiger partial charge >= 0.3 is 0 Å². The van der Waals surface area contributed by atoms with Gasteiger partial charge in [-0.25, -0.2) is 0 Å². The molecule has 3 rings (SSSR count). The third kappa shape index (κ3) is 3.78. The van der Waals surface area contributed by atoms with Crippen molar-refractivity contribution in [3.8, 4) is 11.5 Å². The second-order valence-corrected chi connectivity index (χ2v) is 11.9. The zero-order chi connectivity index (χ0) is 20.5. The highest BCUT2D eigenvalue weighted by atomic mass is 31.1. The van der Waals surface area contributed by atoms with E-state index in [2.05, 4.69) is 71.0 Å². The van der Waals surface area contributed by atoms with Crippen molar-refractivity contribution in [2.75, 3.05) is 14.2 Å². The summed E-state index contributed by atoms with van der Waals surface area (Å²) in [6, 6.07) is 17.2. The molecule has 2 atom stereocenters. The normalized spacial score (nSPS) is 20.9. The molecule has 2 aromatic rings. The van der Waals surface area contributed by atoms with Crippen LogP contribution < -0.4 is 20.1 Å². The first-order valence-electron chi connectivity index (χ1n) is 9.64. The maximum Gasteiger partial charge on any atom is 0.119 e. The zero-order valence-electron chi connectivity index (χ0n) is 17.9. The molecule has 148 valence electrons. The van der Waals surface area contributed by atoms with Gasteiger partial charge in [-0.05, 0) is 81.4 Å². The second kappa shape index (κ2) is 8.40. The Morgan fingerprint density at radius 3 is 1.79 bits per heavy atom. The van der Waals surface area contributed by atoms with E-state index in [9.17, 15) is 0 Å². The fourth-order valence-electron chi connectivity index (χ4n) is 3.94. The summed E-state index contributed by atoms with van der Waals surface area (Å²) in [5.74, 6) is 1.83. The number of rotatable bonds is 6. The van der Waals surface area contributed by atoms with Gasteiger partial charge in [-0.15, -0.1) is 0 Å². The van der Waals surface area contributed by atoms with E-state index in [-0.39, 0.29) is 5.16 Å². The molecule has 0 radical (unpaired) electrons. The molecule has 2 aromatic carbocycles. The molecule has 28 heavy (non-hydrogen) atoms. The molecule has 0 bridgehead atoms. The van der Waals surface area contributed by atoms with Crippen molar-refractivity contribution < 1.29 is 9.47 Å². The average Bonchev–Trinajstić information content (AvgIpc) is 2.92. The van der Waals surface area contributed by atoms with Crippen LogP contribution in [0.5, 0.6) is 11.5 Å². The van der Waals surface area contributed by atoms with E-state index in [0.717, 1.165) is 11.5 Å². The lowest BCUT2D eigenvalue weighted by atomic mass is 9.93. The molecule has 0 aromatic heterocycles. The van der Waals surface area contributed by atoms with Crippen LogP contribution in [0.1, 0.15) is 34.6 Å². The van der Waals surface area contributed by atoms with Crippen molar-refractivity contribution in [3.63, 3.8) is 0 Å². The standard InChI is InChI=1S/C24H30O2P2/c1-16-17(2)24(5,27-18(16)3)19(4)28(22-12-8-10-20(14-22)25-6)23-13-9-11-21(15-23)26-7/h8-15,19H,1-7H3. The van der Waals surface area contributed by atoms with E-state index in [1.807, 2.05) is 12.1 Å². The van der Waals surface area contributed by atoms with Gasteiger partial charge in [0.15, 0.2) is 0 Å². The van der Waals surface area contributed by atoms with Crippen molar-refractivity contribution in [3.05, 3.63) is 59.7 Å². The maximum absolute atomic E-state index is 5.54. The highest BCUT2D eigenvalue weighted by molar-refractivity contribution is 7.74. The molecule has 0 saturated carbocycles. The van der Waals surface area contributed by atoms with Gasteiger partial charge in [0, 0.05) is 10.8 Å². The van der Waals surface area contributed by atoms with E-state index in [4.69, 9.17) is 9.47 Å².